The Morgan fingerprint density at radius 1 is 1.12 bits per heavy atom. The van der Waals surface area contributed by atoms with Crippen molar-refractivity contribution in [1.29, 1.82) is 0 Å². The molecule has 1 heterocycles. The zero-order valence-corrected chi connectivity index (χ0v) is 15.8. The number of carbonyl (C=O) groups is 2. The molecule has 1 aromatic carbocycles. The highest BCUT2D eigenvalue weighted by Crippen LogP contribution is 2.25. The number of hydrogen-bond acceptors (Lipinski definition) is 3. The van der Waals surface area contributed by atoms with Crippen molar-refractivity contribution in [2.24, 2.45) is 5.92 Å². The maximum absolute atomic E-state index is 12.7. The van der Waals surface area contributed by atoms with Crippen LogP contribution < -0.4 is 5.32 Å². The molecular formula is C21H27N3O2. The van der Waals surface area contributed by atoms with E-state index in [2.05, 4.69) is 17.3 Å². The van der Waals surface area contributed by atoms with Gasteiger partial charge in [0.25, 0.3) is 5.91 Å². The monoisotopic (exact) mass is 353 g/mol. The number of benzene rings is 1. The van der Waals surface area contributed by atoms with E-state index in [1.807, 2.05) is 13.8 Å². The van der Waals surface area contributed by atoms with Crippen LogP contribution in [0.2, 0.25) is 0 Å². The molecule has 1 fully saturated rings. The van der Waals surface area contributed by atoms with E-state index in [9.17, 15) is 9.59 Å². The van der Waals surface area contributed by atoms with Crippen LogP contribution in [0, 0.1) is 19.8 Å². The van der Waals surface area contributed by atoms with Gasteiger partial charge in [0.15, 0.2) is 0 Å². The standard InChI is InChI=1S/C21H27N3O2/c1-4-19-14(2)23-24(15(19)3)21(26)17-10-12-18(13-11-17)22-20(25)16-8-6-5-7-9-16/h10-13,16H,4-9H2,1-3H3,(H,22,25). The summed E-state index contributed by atoms with van der Waals surface area (Å²) in [5.41, 5.74) is 4.21. The average Bonchev–Trinajstić information content (AvgIpc) is 2.96. The number of amides is 1. The topological polar surface area (TPSA) is 64.0 Å². The van der Waals surface area contributed by atoms with E-state index in [-0.39, 0.29) is 17.7 Å². The van der Waals surface area contributed by atoms with Crippen LogP contribution in [0.25, 0.3) is 0 Å². The Labute approximate surface area is 154 Å². The molecule has 1 saturated carbocycles. The van der Waals surface area contributed by atoms with E-state index in [0.29, 0.717) is 5.56 Å². The number of aryl methyl sites for hydroxylation is 1. The summed E-state index contributed by atoms with van der Waals surface area (Å²) in [6.45, 7) is 5.92. The Balaban J connectivity index is 1.71. The van der Waals surface area contributed by atoms with Crippen LogP contribution >= 0.6 is 0 Å². The van der Waals surface area contributed by atoms with Crippen molar-refractivity contribution >= 4 is 17.5 Å². The zero-order valence-electron chi connectivity index (χ0n) is 15.8. The summed E-state index contributed by atoms with van der Waals surface area (Å²) in [6.07, 6.45) is 6.30. The largest absolute Gasteiger partial charge is 0.326 e. The molecule has 0 atom stereocenters. The quantitative estimate of drug-likeness (QED) is 0.893. The Hall–Kier alpha value is -2.43. The molecule has 0 bridgehead atoms. The summed E-state index contributed by atoms with van der Waals surface area (Å²) in [7, 11) is 0. The highest BCUT2D eigenvalue weighted by Gasteiger charge is 2.21. The van der Waals surface area contributed by atoms with E-state index in [1.54, 1.807) is 24.3 Å². The highest BCUT2D eigenvalue weighted by molar-refractivity contribution is 5.97. The minimum Gasteiger partial charge on any atom is -0.326 e. The van der Waals surface area contributed by atoms with Gasteiger partial charge in [-0.25, -0.2) is 4.68 Å². The molecule has 0 radical (unpaired) electrons. The van der Waals surface area contributed by atoms with Crippen LogP contribution in [-0.4, -0.2) is 21.6 Å². The first-order valence-corrected chi connectivity index (χ1v) is 9.52. The molecule has 1 aromatic heterocycles. The molecule has 0 aliphatic heterocycles. The van der Waals surface area contributed by atoms with Gasteiger partial charge in [-0.2, -0.15) is 5.10 Å². The predicted molar refractivity (Wildman–Crippen MR) is 102 cm³/mol. The Bertz CT molecular complexity index is 799. The van der Waals surface area contributed by atoms with Crippen molar-refractivity contribution in [2.75, 3.05) is 5.32 Å². The van der Waals surface area contributed by atoms with Crippen LogP contribution in [0.4, 0.5) is 5.69 Å². The molecule has 1 N–H and O–H groups in total. The molecule has 2 aromatic rings. The minimum absolute atomic E-state index is 0.0925. The lowest BCUT2D eigenvalue weighted by atomic mass is 9.88. The van der Waals surface area contributed by atoms with Crippen molar-refractivity contribution in [3.05, 3.63) is 46.8 Å². The molecular weight excluding hydrogens is 326 g/mol. The number of nitrogens with one attached hydrogen (secondary N) is 1. The van der Waals surface area contributed by atoms with Gasteiger partial charge in [0.1, 0.15) is 0 Å². The molecule has 1 aliphatic carbocycles. The summed E-state index contributed by atoms with van der Waals surface area (Å²) in [4.78, 5) is 25.1. The van der Waals surface area contributed by atoms with Gasteiger partial charge in [0, 0.05) is 22.9 Å². The number of nitrogens with zero attached hydrogens (tertiary/aromatic N) is 2. The highest BCUT2D eigenvalue weighted by atomic mass is 16.2. The minimum atomic E-state index is -0.143. The third kappa shape index (κ3) is 3.71. The van der Waals surface area contributed by atoms with Crippen LogP contribution in [-0.2, 0) is 11.2 Å². The third-order valence-electron chi connectivity index (χ3n) is 5.36. The van der Waals surface area contributed by atoms with E-state index in [1.165, 1.54) is 11.1 Å². The number of rotatable bonds is 4. The van der Waals surface area contributed by atoms with E-state index < -0.39 is 0 Å². The van der Waals surface area contributed by atoms with Crippen LogP contribution in [0.5, 0.6) is 0 Å². The lowest BCUT2D eigenvalue weighted by Crippen LogP contribution is -2.24. The van der Waals surface area contributed by atoms with Crippen molar-refractivity contribution in [2.45, 2.75) is 59.3 Å². The number of aromatic nitrogens is 2. The summed E-state index contributed by atoms with van der Waals surface area (Å²) < 4.78 is 1.48. The van der Waals surface area contributed by atoms with Gasteiger partial charge in [-0.05, 0) is 62.9 Å². The molecule has 3 rings (SSSR count). The molecule has 138 valence electrons. The van der Waals surface area contributed by atoms with Gasteiger partial charge in [0.2, 0.25) is 5.91 Å². The Morgan fingerprint density at radius 2 is 1.77 bits per heavy atom. The van der Waals surface area contributed by atoms with Gasteiger partial charge >= 0.3 is 0 Å². The average molecular weight is 353 g/mol. The van der Waals surface area contributed by atoms with Gasteiger partial charge in [-0.3, -0.25) is 9.59 Å². The molecule has 1 amide bonds. The second kappa shape index (κ2) is 7.85. The fourth-order valence-corrected chi connectivity index (χ4v) is 3.81. The first-order chi connectivity index (χ1) is 12.5. The van der Waals surface area contributed by atoms with Gasteiger partial charge in [-0.1, -0.05) is 26.2 Å². The predicted octanol–water partition coefficient (Wildman–Crippen LogP) is 4.27. The molecule has 0 saturated heterocycles. The van der Waals surface area contributed by atoms with E-state index >= 15 is 0 Å². The first kappa shape index (κ1) is 18.4. The summed E-state index contributed by atoms with van der Waals surface area (Å²) in [6, 6.07) is 7.09. The van der Waals surface area contributed by atoms with E-state index in [4.69, 9.17) is 0 Å². The molecule has 0 spiro atoms. The van der Waals surface area contributed by atoms with Crippen molar-refractivity contribution in [3.63, 3.8) is 0 Å². The van der Waals surface area contributed by atoms with Gasteiger partial charge in [-0.15, -0.1) is 0 Å². The lowest BCUT2D eigenvalue weighted by Gasteiger charge is -2.20. The van der Waals surface area contributed by atoms with Crippen molar-refractivity contribution < 1.29 is 9.59 Å². The maximum atomic E-state index is 12.7. The third-order valence-corrected chi connectivity index (χ3v) is 5.36. The van der Waals surface area contributed by atoms with E-state index in [0.717, 1.165) is 54.7 Å². The lowest BCUT2D eigenvalue weighted by molar-refractivity contribution is -0.120. The number of carbonyl (C=O) groups excluding carboxylic acids is 2. The molecule has 5 heteroatoms. The fourth-order valence-electron chi connectivity index (χ4n) is 3.81. The molecule has 1 aliphatic rings. The van der Waals surface area contributed by atoms with Crippen LogP contribution in [0.3, 0.4) is 0 Å². The van der Waals surface area contributed by atoms with Crippen LogP contribution in [0.1, 0.15) is 66.3 Å². The Morgan fingerprint density at radius 3 is 2.35 bits per heavy atom. The van der Waals surface area contributed by atoms with Crippen LogP contribution in [0.15, 0.2) is 24.3 Å². The molecule has 26 heavy (non-hydrogen) atoms. The normalized spacial score (nSPS) is 15.0. The Kier molecular flexibility index (Phi) is 5.55. The fraction of sp³-hybridized carbons (Fsp3) is 0.476. The number of hydrogen-bond donors (Lipinski definition) is 1. The van der Waals surface area contributed by atoms with Crippen molar-refractivity contribution in [1.82, 2.24) is 9.78 Å². The van der Waals surface area contributed by atoms with Gasteiger partial charge < -0.3 is 5.32 Å². The summed E-state index contributed by atoms with van der Waals surface area (Å²) in [5, 5.41) is 7.37. The first-order valence-electron chi connectivity index (χ1n) is 9.52. The van der Waals surface area contributed by atoms with Crippen molar-refractivity contribution in [3.8, 4) is 0 Å². The zero-order chi connectivity index (χ0) is 18.7. The smallest absolute Gasteiger partial charge is 0.278 e. The maximum Gasteiger partial charge on any atom is 0.278 e. The second-order valence-corrected chi connectivity index (χ2v) is 7.12. The summed E-state index contributed by atoms with van der Waals surface area (Å²) >= 11 is 0. The molecule has 5 nitrogen and oxygen atoms in total. The number of anilines is 1. The summed E-state index contributed by atoms with van der Waals surface area (Å²) in [5.74, 6) is 0.0672. The molecule has 0 unspecified atom stereocenters. The SMILES string of the molecule is CCc1c(C)nn(C(=O)c2ccc(NC(=O)C3CCCCC3)cc2)c1C. The van der Waals surface area contributed by atoms with Gasteiger partial charge in [0.05, 0.1) is 5.69 Å². The second-order valence-electron chi connectivity index (χ2n) is 7.12.